The number of nitrogens with one attached hydrogen (secondary N) is 1. The van der Waals surface area contributed by atoms with E-state index in [1.54, 1.807) is 0 Å². The molecule has 1 aliphatic carbocycles. The summed E-state index contributed by atoms with van der Waals surface area (Å²) in [6, 6.07) is 4.63. The van der Waals surface area contributed by atoms with Gasteiger partial charge in [-0.1, -0.05) is 13.3 Å². The molecule has 0 spiro atoms. The first-order valence-electron chi connectivity index (χ1n) is 6.39. The lowest BCUT2D eigenvalue weighted by atomic mass is 10.00. The van der Waals surface area contributed by atoms with Gasteiger partial charge in [-0.15, -0.1) is 0 Å². The molecule has 16 heavy (non-hydrogen) atoms. The van der Waals surface area contributed by atoms with Crippen molar-refractivity contribution in [1.82, 2.24) is 10.3 Å². The number of rotatable bonds is 6. The van der Waals surface area contributed by atoms with Gasteiger partial charge in [0.2, 0.25) is 0 Å². The van der Waals surface area contributed by atoms with E-state index in [0.29, 0.717) is 11.5 Å². The minimum absolute atomic E-state index is 0.442. The summed E-state index contributed by atoms with van der Waals surface area (Å²) in [5.74, 6) is 0. The van der Waals surface area contributed by atoms with Crippen molar-refractivity contribution in [3.8, 4) is 0 Å². The topological polar surface area (TPSA) is 24.9 Å². The Morgan fingerprint density at radius 3 is 2.62 bits per heavy atom. The Morgan fingerprint density at radius 2 is 2.06 bits per heavy atom. The molecule has 88 valence electrons. The average Bonchev–Trinajstić information content (AvgIpc) is 3.08. The molecular weight excluding hydrogens is 196 g/mol. The van der Waals surface area contributed by atoms with Crippen LogP contribution in [0.15, 0.2) is 24.5 Å². The minimum atomic E-state index is 0.442. The quantitative estimate of drug-likeness (QED) is 0.792. The van der Waals surface area contributed by atoms with E-state index in [1.807, 2.05) is 12.4 Å². The van der Waals surface area contributed by atoms with Gasteiger partial charge in [0.05, 0.1) is 0 Å². The summed E-state index contributed by atoms with van der Waals surface area (Å²) in [6.07, 6.45) is 9.25. The largest absolute Gasteiger partial charge is 0.310 e. The summed E-state index contributed by atoms with van der Waals surface area (Å²) in [5, 5.41) is 3.66. The van der Waals surface area contributed by atoms with Gasteiger partial charge in [0.15, 0.2) is 0 Å². The molecular formula is C14H22N2. The number of hydrogen-bond donors (Lipinski definition) is 1. The average molecular weight is 218 g/mol. The molecule has 0 bridgehead atoms. The molecule has 2 nitrogen and oxygen atoms in total. The number of pyridine rings is 1. The zero-order valence-electron chi connectivity index (χ0n) is 10.4. The van der Waals surface area contributed by atoms with Crippen molar-refractivity contribution >= 4 is 0 Å². The second-order valence-corrected chi connectivity index (χ2v) is 5.13. The Hall–Kier alpha value is -0.890. The zero-order chi connectivity index (χ0) is 11.4. The lowest BCUT2D eigenvalue weighted by Gasteiger charge is -2.19. The van der Waals surface area contributed by atoms with Gasteiger partial charge in [-0.05, 0) is 49.3 Å². The number of nitrogens with zero attached hydrogens (tertiary/aromatic N) is 1. The maximum absolute atomic E-state index is 4.05. The van der Waals surface area contributed by atoms with Gasteiger partial charge in [-0.2, -0.15) is 0 Å². The van der Waals surface area contributed by atoms with E-state index in [0.717, 1.165) is 0 Å². The van der Waals surface area contributed by atoms with Crippen molar-refractivity contribution in [1.29, 1.82) is 0 Å². The summed E-state index contributed by atoms with van der Waals surface area (Å²) in [4.78, 5) is 4.05. The molecule has 1 aliphatic rings. The van der Waals surface area contributed by atoms with Crippen molar-refractivity contribution in [2.24, 2.45) is 5.41 Å². The molecule has 1 heterocycles. The molecule has 1 fully saturated rings. The third-order valence-corrected chi connectivity index (χ3v) is 3.73. The lowest BCUT2D eigenvalue weighted by Crippen LogP contribution is -2.26. The van der Waals surface area contributed by atoms with Crippen LogP contribution in [0.5, 0.6) is 0 Å². The van der Waals surface area contributed by atoms with Crippen molar-refractivity contribution in [3.05, 3.63) is 30.1 Å². The molecule has 0 aromatic carbocycles. The van der Waals surface area contributed by atoms with Crippen molar-refractivity contribution < 1.29 is 0 Å². The molecule has 1 unspecified atom stereocenters. The second-order valence-electron chi connectivity index (χ2n) is 5.13. The second kappa shape index (κ2) is 4.96. The molecule has 0 radical (unpaired) electrons. The smallest absolute Gasteiger partial charge is 0.0293 e. The Kier molecular flexibility index (Phi) is 3.59. The SMILES string of the molecule is CCCC1(CNC(C)c2ccncc2)CC1. The first kappa shape index (κ1) is 11.6. The monoisotopic (exact) mass is 218 g/mol. The molecule has 2 rings (SSSR count). The molecule has 1 aromatic heterocycles. The third kappa shape index (κ3) is 2.82. The first-order valence-corrected chi connectivity index (χ1v) is 6.39. The maximum atomic E-state index is 4.05. The Labute approximate surface area is 98.5 Å². The highest BCUT2D eigenvalue weighted by Gasteiger charge is 2.41. The predicted molar refractivity (Wildman–Crippen MR) is 67.2 cm³/mol. The number of hydrogen-bond acceptors (Lipinski definition) is 2. The van der Waals surface area contributed by atoms with E-state index < -0.39 is 0 Å². The first-order chi connectivity index (χ1) is 7.76. The lowest BCUT2D eigenvalue weighted by molar-refractivity contribution is 0.397. The fourth-order valence-electron chi connectivity index (χ4n) is 2.36. The highest BCUT2D eigenvalue weighted by atomic mass is 14.9. The summed E-state index contributed by atoms with van der Waals surface area (Å²) in [7, 11) is 0. The Bertz CT molecular complexity index is 317. The summed E-state index contributed by atoms with van der Waals surface area (Å²) < 4.78 is 0. The summed E-state index contributed by atoms with van der Waals surface area (Å²) in [6.45, 7) is 5.69. The van der Waals surface area contributed by atoms with E-state index in [9.17, 15) is 0 Å². The molecule has 0 amide bonds. The van der Waals surface area contributed by atoms with Crippen LogP contribution in [0.2, 0.25) is 0 Å². The van der Waals surface area contributed by atoms with E-state index in [1.165, 1.54) is 37.8 Å². The van der Waals surface area contributed by atoms with E-state index in [2.05, 4.69) is 36.3 Å². The van der Waals surface area contributed by atoms with Gasteiger partial charge >= 0.3 is 0 Å². The van der Waals surface area contributed by atoms with Gasteiger partial charge in [0, 0.05) is 25.0 Å². The van der Waals surface area contributed by atoms with Crippen LogP contribution in [-0.2, 0) is 0 Å². The van der Waals surface area contributed by atoms with Gasteiger partial charge < -0.3 is 5.32 Å². The molecule has 1 aromatic rings. The van der Waals surface area contributed by atoms with Crippen LogP contribution in [0.4, 0.5) is 0 Å². The molecule has 1 atom stereocenters. The Morgan fingerprint density at radius 1 is 1.38 bits per heavy atom. The van der Waals surface area contributed by atoms with E-state index in [-0.39, 0.29) is 0 Å². The predicted octanol–water partition coefficient (Wildman–Crippen LogP) is 3.31. The molecule has 1 saturated carbocycles. The fourth-order valence-corrected chi connectivity index (χ4v) is 2.36. The summed E-state index contributed by atoms with van der Waals surface area (Å²) >= 11 is 0. The third-order valence-electron chi connectivity index (χ3n) is 3.73. The van der Waals surface area contributed by atoms with Crippen LogP contribution in [0.3, 0.4) is 0 Å². The van der Waals surface area contributed by atoms with E-state index in [4.69, 9.17) is 0 Å². The van der Waals surface area contributed by atoms with Crippen LogP contribution < -0.4 is 5.32 Å². The highest BCUT2D eigenvalue weighted by molar-refractivity contribution is 5.14. The van der Waals surface area contributed by atoms with Crippen LogP contribution >= 0.6 is 0 Å². The zero-order valence-corrected chi connectivity index (χ0v) is 10.4. The van der Waals surface area contributed by atoms with Crippen molar-refractivity contribution in [2.75, 3.05) is 6.54 Å². The highest BCUT2D eigenvalue weighted by Crippen LogP contribution is 2.49. The fraction of sp³-hybridized carbons (Fsp3) is 0.643. The maximum Gasteiger partial charge on any atom is 0.0293 e. The Balaban J connectivity index is 1.82. The van der Waals surface area contributed by atoms with Gasteiger partial charge in [0.1, 0.15) is 0 Å². The van der Waals surface area contributed by atoms with Crippen LogP contribution in [-0.4, -0.2) is 11.5 Å². The summed E-state index contributed by atoms with van der Waals surface area (Å²) in [5.41, 5.74) is 1.97. The normalized spacial score (nSPS) is 19.4. The number of aromatic nitrogens is 1. The molecule has 1 N–H and O–H groups in total. The molecule has 0 saturated heterocycles. The van der Waals surface area contributed by atoms with E-state index >= 15 is 0 Å². The van der Waals surface area contributed by atoms with Crippen molar-refractivity contribution in [3.63, 3.8) is 0 Å². The van der Waals surface area contributed by atoms with Crippen molar-refractivity contribution in [2.45, 2.75) is 45.6 Å². The van der Waals surface area contributed by atoms with Crippen LogP contribution in [0, 0.1) is 5.41 Å². The van der Waals surface area contributed by atoms with Crippen LogP contribution in [0.1, 0.15) is 51.1 Å². The van der Waals surface area contributed by atoms with Gasteiger partial charge in [-0.25, -0.2) is 0 Å². The standard InChI is InChI=1S/C14H22N2/c1-3-6-14(7-8-14)11-16-12(2)13-4-9-15-10-5-13/h4-5,9-10,12,16H,3,6-8,11H2,1-2H3. The van der Waals surface area contributed by atoms with Gasteiger partial charge in [0.25, 0.3) is 0 Å². The molecule has 2 heteroatoms. The minimum Gasteiger partial charge on any atom is -0.310 e. The van der Waals surface area contributed by atoms with Crippen LogP contribution in [0.25, 0.3) is 0 Å². The molecule has 0 aliphatic heterocycles. The van der Waals surface area contributed by atoms with Gasteiger partial charge in [-0.3, -0.25) is 4.98 Å².